The Kier molecular flexibility index (Phi) is 3.81. The molecule has 2 aromatic rings. The van der Waals surface area contributed by atoms with Crippen molar-refractivity contribution in [3.05, 3.63) is 63.7 Å². The lowest BCUT2D eigenvalue weighted by Crippen LogP contribution is -2.13. The van der Waals surface area contributed by atoms with Crippen molar-refractivity contribution in [2.75, 3.05) is 5.32 Å². The average molecular weight is 283 g/mol. The van der Waals surface area contributed by atoms with Gasteiger partial charge in [-0.05, 0) is 18.2 Å². The fourth-order valence-electron chi connectivity index (χ4n) is 1.74. The molecule has 2 aromatic carbocycles. The first kappa shape index (κ1) is 14.0. The molecule has 0 spiro atoms. The van der Waals surface area contributed by atoms with Crippen LogP contribution in [0, 0.1) is 21.4 Å². The van der Waals surface area contributed by atoms with Gasteiger partial charge in [0, 0.05) is 6.07 Å². The van der Waals surface area contributed by atoms with Gasteiger partial charge in [0.2, 0.25) is 5.75 Å². The molecule has 0 atom stereocenters. The van der Waals surface area contributed by atoms with Crippen molar-refractivity contribution in [1.82, 2.24) is 0 Å². The van der Waals surface area contributed by atoms with Crippen molar-refractivity contribution in [3.8, 4) is 11.8 Å². The molecule has 0 bridgehead atoms. The fourth-order valence-corrected chi connectivity index (χ4v) is 1.74. The van der Waals surface area contributed by atoms with Gasteiger partial charge >= 0.3 is 5.69 Å². The Bertz CT molecular complexity index is 765. The number of aromatic hydroxyl groups is 1. The van der Waals surface area contributed by atoms with Gasteiger partial charge in [-0.15, -0.1) is 0 Å². The number of carbonyl (C=O) groups excluding carboxylic acids is 1. The standard InChI is InChI=1S/C14H9N3O4/c15-8-9-4-1-2-6-11(9)16-14(19)10-5-3-7-12(13(10)18)17(20)21/h1-7,18H,(H,16,19). The van der Waals surface area contributed by atoms with Crippen LogP contribution in [0.1, 0.15) is 15.9 Å². The molecule has 104 valence electrons. The Balaban J connectivity index is 2.36. The van der Waals surface area contributed by atoms with Crippen LogP contribution in [0.15, 0.2) is 42.5 Å². The lowest BCUT2D eigenvalue weighted by atomic mass is 10.1. The number of nitrogens with zero attached hydrogens (tertiary/aromatic N) is 2. The van der Waals surface area contributed by atoms with Crippen LogP contribution in [0.4, 0.5) is 11.4 Å². The summed E-state index contributed by atoms with van der Waals surface area (Å²) in [4.78, 5) is 22.0. The van der Waals surface area contributed by atoms with Crippen LogP contribution in [0.25, 0.3) is 0 Å². The molecule has 0 aliphatic rings. The Labute approximate surface area is 119 Å². The number of nitrogens with one attached hydrogen (secondary N) is 1. The zero-order valence-electron chi connectivity index (χ0n) is 10.6. The van der Waals surface area contributed by atoms with Crippen molar-refractivity contribution < 1.29 is 14.8 Å². The van der Waals surface area contributed by atoms with Crippen LogP contribution in [0.2, 0.25) is 0 Å². The van der Waals surface area contributed by atoms with Gasteiger partial charge in [-0.25, -0.2) is 0 Å². The highest BCUT2D eigenvalue weighted by Gasteiger charge is 2.21. The summed E-state index contributed by atoms with van der Waals surface area (Å²) < 4.78 is 0. The van der Waals surface area contributed by atoms with E-state index in [9.17, 15) is 20.0 Å². The van der Waals surface area contributed by atoms with Crippen LogP contribution in [0.3, 0.4) is 0 Å². The smallest absolute Gasteiger partial charge is 0.311 e. The topological polar surface area (TPSA) is 116 Å². The van der Waals surface area contributed by atoms with Gasteiger partial charge in [0.05, 0.1) is 21.7 Å². The third-order valence-corrected chi connectivity index (χ3v) is 2.75. The van der Waals surface area contributed by atoms with E-state index in [-0.39, 0.29) is 16.8 Å². The minimum atomic E-state index is -0.782. The number of carbonyl (C=O) groups is 1. The number of amides is 1. The number of hydrogen-bond donors (Lipinski definition) is 2. The molecule has 21 heavy (non-hydrogen) atoms. The largest absolute Gasteiger partial charge is 0.502 e. The van der Waals surface area contributed by atoms with Gasteiger partial charge in [0.25, 0.3) is 5.91 Å². The zero-order valence-corrected chi connectivity index (χ0v) is 10.6. The highest BCUT2D eigenvalue weighted by Crippen LogP contribution is 2.30. The van der Waals surface area contributed by atoms with E-state index in [4.69, 9.17) is 5.26 Å². The normalized spacial score (nSPS) is 9.67. The molecule has 0 heterocycles. The summed E-state index contributed by atoms with van der Waals surface area (Å²) in [5, 5.41) is 31.9. The van der Waals surface area contributed by atoms with Crippen molar-refractivity contribution in [2.24, 2.45) is 0 Å². The van der Waals surface area contributed by atoms with E-state index in [0.717, 1.165) is 6.07 Å². The number of anilines is 1. The molecule has 0 aromatic heterocycles. The minimum absolute atomic E-state index is 0.239. The van der Waals surface area contributed by atoms with Crippen molar-refractivity contribution in [2.45, 2.75) is 0 Å². The fraction of sp³-hybridized carbons (Fsp3) is 0. The number of nitro benzene ring substituents is 1. The quantitative estimate of drug-likeness (QED) is 0.662. The van der Waals surface area contributed by atoms with E-state index in [1.807, 2.05) is 6.07 Å². The maximum absolute atomic E-state index is 12.1. The lowest BCUT2D eigenvalue weighted by Gasteiger charge is -2.08. The third kappa shape index (κ3) is 2.79. The van der Waals surface area contributed by atoms with Crippen LogP contribution in [-0.4, -0.2) is 15.9 Å². The minimum Gasteiger partial charge on any atom is -0.502 e. The zero-order chi connectivity index (χ0) is 15.4. The molecule has 0 fully saturated rings. The first-order chi connectivity index (χ1) is 10.0. The summed E-state index contributed by atoms with van der Waals surface area (Å²) in [5.74, 6) is -1.45. The maximum Gasteiger partial charge on any atom is 0.311 e. The molecule has 1 amide bonds. The van der Waals surface area contributed by atoms with E-state index in [2.05, 4.69) is 5.32 Å². The molecule has 7 heteroatoms. The summed E-state index contributed by atoms with van der Waals surface area (Å²) in [7, 11) is 0. The van der Waals surface area contributed by atoms with E-state index in [1.165, 1.54) is 24.3 Å². The van der Waals surface area contributed by atoms with E-state index >= 15 is 0 Å². The molecule has 7 nitrogen and oxygen atoms in total. The Morgan fingerprint density at radius 2 is 1.95 bits per heavy atom. The SMILES string of the molecule is N#Cc1ccccc1NC(=O)c1cccc([N+](=O)[O-])c1O. The maximum atomic E-state index is 12.1. The molecule has 0 saturated heterocycles. The van der Waals surface area contributed by atoms with E-state index in [0.29, 0.717) is 0 Å². The third-order valence-electron chi connectivity index (χ3n) is 2.75. The molecule has 0 radical (unpaired) electrons. The van der Waals surface area contributed by atoms with Gasteiger partial charge in [-0.3, -0.25) is 14.9 Å². The van der Waals surface area contributed by atoms with E-state index < -0.39 is 22.3 Å². The summed E-state index contributed by atoms with van der Waals surface area (Å²) in [6, 6.07) is 11.9. The molecule has 2 rings (SSSR count). The molecule has 0 saturated carbocycles. The van der Waals surface area contributed by atoms with Gasteiger partial charge in [0.1, 0.15) is 6.07 Å². The molecular formula is C14H9N3O4. The van der Waals surface area contributed by atoms with Crippen molar-refractivity contribution in [3.63, 3.8) is 0 Å². The molecule has 0 aliphatic heterocycles. The number of para-hydroxylation sites is 2. The molecule has 0 unspecified atom stereocenters. The highest BCUT2D eigenvalue weighted by molar-refractivity contribution is 6.07. The lowest BCUT2D eigenvalue weighted by molar-refractivity contribution is -0.385. The molecule has 2 N–H and O–H groups in total. The number of phenols is 1. The van der Waals surface area contributed by atoms with Crippen LogP contribution in [0.5, 0.6) is 5.75 Å². The first-order valence-corrected chi connectivity index (χ1v) is 5.81. The summed E-state index contributed by atoms with van der Waals surface area (Å²) in [6.07, 6.45) is 0. The monoisotopic (exact) mass is 283 g/mol. The highest BCUT2D eigenvalue weighted by atomic mass is 16.6. The van der Waals surface area contributed by atoms with Crippen LogP contribution >= 0.6 is 0 Å². The first-order valence-electron chi connectivity index (χ1n) is 5.81. The van der Waals surface area contributed by atoms with Crippen LogP contribution < -0.4 is 5.32 Å². The van der Waals surface area contributed by atoms with E-state index in [1.54, 1.807) is 12.1 Å². The van der Waals surface area contributed by atoms with Gasteiger partial charge in [-0.2, -0.15) is 5.26 Å². The van der Waals surface area contributed by atoms with Gasteiger partial charge < -0.3 is 10.4 Å². The second kappa shape index (κ2) is 5.71. The number of hydrogen-bond acceptors (Lipinski definition) is 5. The Morgan fingerprint density at radius 3 is 2.62 bits per heavy atom. The van der Waals surface area contributed by atoms with Crippen molar-refractivity contribution in [1.29, 1.82) is 5.26 Å². The van der Waals surface area contributed by atoms with Gasteiger partial charge in [0.15, 0.2) is 0 Å². The van der Waals surface area contributed by atoms with Gasteiger partial charge in [-0.1, -0.05) is 18.2 Å². The predicted octanol–water partition coefficient (Wildman–Crippen LogP) is 2.42. The number of benzene rings is 2. The summed E-state index contributed by atoms with van der Waals surface area (Å²) in [5.41, 5.74) is -0.292. The Morgan fingerprint density at radius 1 is 1.24 bits per heavy atom. The molecule has 0 aliphatic carbocycles. The number of phenolic OH excluding ortho intramolecular Hbond substituents is 1. The summed E-state index contributed by atoms with van der Waals surface area (Å²) >= 11 is 0. The second-order valence-electron chi connectivity index (χ2n) is 4.04. The summed E-state index contributed by atoms with van der Waals surface area (Å²) in [6.45, 7) is 0. The number of nitriles is 1. The average Bonchev–Trinajstić information content (AvgIpc) is 2.47. The van der Waals surface area contributed by atoms with Crippen LogP contribution in [-0.2, 0) is 0 Å². The number of nitro groups is 1. The van der Waals surface area contributed by atoms with Crippen molar-refractivity contribution >= 4 is 17.3 Å². The Hall–Kier alpha value is -3.40. The number of rotatable bonds is 3. The molecular weight excluding hydrogens is 274 g/mol. The second-order valence-corrected chi connectivity index (χ2v) is 4.04. The predicted molar refractivity (Wildman–Crippen MR) is 73.9 cm³/mol.